The molecule has 2 heterocycles. The number of aromatic nitrogens is 1. The van der Waals surface area contributed by atoms with E-state index in [9.17, 15) is 13.2 Å². The van der Waals surface area contributed by atoms with Gasteiger partial charge >= 0.3 is 0 Å². The number of aromatic amines is 1. The van der Waals surface area contributed by atoms with Crippen molar-refractivity contribution >= 4 is 36.9 Å². The highest BCUT2D eigenvalue weighted by molar-refractivity contribution is 9.10. The van der Waals surface area contributed by atoms with Crippen molar-refractivity contribution in [1.82, 2.24) is 9.29 Å². The van der Waals surface area contributed by atoms with E-state index >= 15 is 0 Å². The van der Waals surface area contributed by atoms with Crippen molar-refractivity contribution in [3.05, 3.63) is 98.2 Å². The number of aryl methyl sites for hydroxylation is 1. The Morgan fingerprint density at radius 1 is 0.971 bits per heavy atom. The van der Waals surface area contributed by atoms with E-state index in [1.54, 1.807) is 48.5 Å². The number of ether oxygens (including phenoxy) is 2. The van der Waals surface area contributed by atoms with Crippen LogP contribution in [0.2, 0.25) is 0 Å². The lowest BCUT2D eigenvalue weighted by Gasteiger charge is -2.23. The molecule has 9 heteroatoms. The van der Waals surface area contributed by atoms with Gasteiger partial charge in [-0.05, 0) is 75.8 Å². The van der Waals surface area contributed by atoms with E-state index in [4.69, 9.17) is 9.47 Å². The Kier molecular flexibility index (Phi) is 5.93. The summed E-state index contributed by atoms with van der Waals surface area (Å²) in [5, 5.41) is 0.835. The topological polar surface area (TPSA) is 88.7 Å². The van der Waals surface area contributed by atoms with Gasteiger partial charge in [0.2, 0.25) is 16.8 Å². The standard InChI is InChI=1S/C25H21BrN2O5S/c1-16-6-8-18-12-19(25(29)27-21(18)10-16)14-28(34(30,31)24-5-3-2-4-20(24)26)13-17-7-9-22-23(11-17)33-15-32-22/h2-12H,13-15H2,1H3,(H,27,29). The van der Waals surface area contributed by atoms with Gasteiger partial charge in [-0.2, -0.15) is 4.31 Å². The number of halogens is 1. The van der Waals surface area contributed by atoms with Gasteiger partial charge < -0.3 is 14.5 Å². The molecule has 174 valence electrons. The molecule has 0 radical (unpaired) electrons. The highest BCUT2D eigenvalue weighted by atomic mass is 79.9. The number of rotatable bonds is 6. The van der Waals surface area contributed by atoms with Crippen LogP contribution in [0.15, 0.2) is 80.9 Å². The molecule has 0 atom stereocenters. The van der Waals surface area contributed by atoms with Crippen molar-refractivity contribution in [2.24, 2.45) is 0 Å². The monoisotopic (exact) mass is 540 g/mol. The number of pyridine rings is 1. The normalized spacial score (nSPS) is 13.0. The Balaban J connectivity index is 1.57. The number of benzene rings is 3. The summed E-state index contributed by atoms with van der Waals surface area (Å²) in [6.07, 6.45) is 0. The molecule has 5 rings (SSSR count). The highest BCUT2D eigenvalue weighted by Crippen LogP contribution is 2.34. The number of hydrogen-bond acceptors (Lipinski definition) is 5. The summed E-state index contributed by atoms with van der Waals surface area (Å²) in [4.78, 5) is 15.9. The third-order valence-electron chi connectivity index (χ3n) is 5.68. The van der Waals surface area contributed by atoms with Crippen LogP contribution < -0.4 is 15.0 Å². The third kappa shape index (κ3) is 4.34. The molecule has 3 aromatic carbocycles. The van der Waals surface area contributed by atoms with Crippen molar-refractivity contribution in [3.8, 4) is 11.5 Å². The molecule has 4 aromatic rings. The summed E-state index contributed by atoms with van der Waals surface area (Å²) >= 11 is 3.36. The average molecular weight is 541 g/mol. The van der Waals surface area contributed by atoms with Crippen LogP contribution in [0.4, 0.5) is 0 Å². The van der Waals surface area contributed by atoms with E-state index in [0.29, 0.717) is 32.6 Å². The van der Waals surface area contributed by atoms with Gasteiger partial charge in [-0.3, -0.25) is 4.79 Å². The van der Waals surface area contributed by atoms with E-state index < -0.39 is 10.0 Å². The smallest absolute Gasteiger partial charge is 0.252 e. The first kappa shape index (κ1) is 22.6. The molecule has 0 amide bonds. The number of nitrogens with one attached hydrogen (secondary N) is 1. The van der Waals surface area contributed by atoms with Crippen molar-refractivity contribution in [1.29, 1.82) is 0 Å². The molecule has 34 heavy (non-hydrogen) atoms. The van der Waals surface area contributed by atoms with E-state index in [2.05, 4.69) is 20.9 Å². The Labute approximate surface area is 205 Å². The molecule has 0 saturated carbocycles. The first-order chi connectivity index (χ1) is 16.3. The molecule has 0 fully saturated rings. The largest absolute Gasteiger partial charge is 0.454 e. The SMILES string of the molecule is Cc1ccc2cc(CN(Cc3ccc4c(c3)OCO4)S(=O)(=O)c3ccccc3Br)c(=O)[nH]c2c1. The van der Waals surface area contributed by atoms with Gasteiger partial charge in [-0.15, -0.1) is 0 Å². The summed E-state index contributed by atoms with van der Waals surface area (Å²) in [5.74, 6) is 1.18. The minimum atomic E-state index is -3.96. The summed E-state index contributed by atoms with van der Waals surface area (Å²) in [7, 11) is -3.96. The average Bonchev–Trinajstić information content (AvgIpc) is 3.27. The Hall–Kier alpha value is -3.14. The Morgan fingerprint density at radius 2 is 1.76 bits per heavy atom. The minimum absolute atomic E-state index is 0.0473. The van der Waals surface area contributed by atoms with Crippen LogP contribution in [0.1, 0.15) is 16.7 Å². The molecular weight excluding hydrogens is 520 g/mol. The zero-order valence-electron chi connectivity index (χ0n) is 18.2. The zero-order valence-corrected chi connectivity index (χ0v) is 20.6. The van der Waals surface area contributed by atoms with Crippen LogP contribution >= 0.6 is 15.9 Å². The molecule has 1 aliphatic heterocycles. The second-order valence-corrected chi connectivity index (χ2v) is 10.9. The van der Waals surface area contributed by atoms with E-state index in [-0.39, 0.29) is 30.3 Å². The summed E-state index contributed by atoms with van der Waals surface area (Å²) < 4.78 is 40.1. The fourth-order valence-corrected chi connectivity index (χ4v) is 6.30. The number of fused-ring (bicyclic) bond motifs is 2. The zero-order chi connectivity index (χ0) is 23.9. The summed E-state index contributed by atoms with van der Waals surface area (Å²) in [6, 6.07) is 19.5. The molecule has 1 aromatic heterocycles. The number of H-pyrrole nitrogens is 1. The molecule has 7 nitrogen and oxygen atoms in total. The van der Waals surface area contributed by atoms with Crippen LogP contribution in [0.25, 0.3) is 10.9 Å². The second kappa shape index (κ2) is 8.90. The molecule has 0 aliphatic carbocycles. The minimum Gasteiger partial charge on any atom is -0.454 e. The molecule has 1 N–H and O–H groups in total. The predicted molar refractivity (Wildman–Crippen MR) is 132 cm³/mol. The van der Waals surface area contributed by atoms with E-state index in [1.807, 2.05) is 25.1 Å². The predicted octanol–water partition coefficient (Wildman–Crippen LogP) is 4.72. The summed E-state index contributed by atoms with van der Waals surface area (Å²) in [6.45, 7) is 2.02. The molecular formula is C25H21BrN2O5S. The Bertz CT molecular complexity index is 1570. The number of nitrogens with zero attached hydrogens (tertiary/aromatic N) is 1. The van der Waals surface area contributed by atoms with Gasteiger partial charge in [0, 0.05) is 28.6 Å². The molecule has 0 unspecified atom stereocenters. The first-order valence-electron chi connectivity index (χ1n) is 10.6. The van der Waals surface area contributed by atoms with Crippen LogP contribution in [0, 0.1) is 6.92 Å². The van der Waals surface area contributed by atoms with Crippen LogP contribution in [0.3, 0.4) is 0 Å². The van der Waals surface area contributed by atoms with Crippen molar-refractivity contribution in [2.75, 3.05) is 6.79 Å². The van der Waals surface area contributed by atoms with Gasteiger partial charge in [0.05, 0.1) is 4.90 Å². The lowest BCUT2D eigenvalue weighted by atomic mass is 10.1. The Morgan fingerprint density at radius 3 is 2.59 bits per heavy atom. The number of hydrogen-bond donors (Lipinski definition) is 1. The maximum absolute atomic E-state index is 13.7. The fourth-order valence-electron chi connectivity index (χ4n) is 3.93. The lowest BCUT2D eigenvalue weighted by Crippen LogP contribution is -2.32. The third-order valence-corrected chi connectivity index (χ3v) is 8.48. The summed E-state index contributed by atoms with van der Waals surface area (Å²) in [5.41, 5.74) is 2.48. The van der Waals surface area contributed by atoms with Crippen LogP contribution in [0.5, 0.6) is 11.5 Å². The maximum atomic E-state index is 13.7. The molecule has 0 bridgehead atoms. The van der Waals surface area contributed by atoms with Gasteiger partial charge in [-0.1, -0.05) is 30.3 Å². The fraction of sp³-hybridized carbons (Fsp3) is 0.160. The van der Waals surface area contributed by atoms with E-state index in [0.717, 1.165) is 10.9 Å². The van der Waals surface area contributed by atoms with Gasteiger partial charge in [-0.25, -0.2) is 8.42 Å². The van der Waals surface area contributed by atoms with Crippen LogP contribution in [-0.2, 0) is 23.1 Å². The second-order valence-electron chi connectivity index (χ2n) is 8.11. The van der Waals surface area contributed by atoms with E-state index in [1.165, 1.54) is 4.31 Å². The maximum Gasteiger partial charge on any atom is 0.252 e. The van der Waals surface area contributed by atoms with Gasteiger partial charge in [0.15, 0.2) is 11.5 Å². The van der Waals surface area contributed by atoms with Gasteiger partial charge in [0.25, 0.3) is 5.56 Å². The number of sulfonamides is 1. The van der Waals surface area contributed by atoms with Crippen molar-refractivity contribution in [2.45, 2.75) is 24.9 Å². The van der Waals surface area contributed by atoms with Crippen LogP contribution in [-0.4, -0.2) is 24.5 Å². The van der Waals surface area contributed by atoms with Crippen molar-refractivity contribution in [3.63, 3.8) is 0 Å². The van der Waals surface area contributed by atoms with Gasteiger partial charge in [0.1, 0.15) is 0 Å². The molecule has 1 aliphatic rings. The van der Waals surface area contributed by atoms with Crippen molar-refractivity contribution < 1.29 is 17.9 Å². The highest BCUT2D eigenvalue weighted by Gasteiger charge is 2.28. The lowest BCUT2D eigenvalue weighted by molar-refractivity contribution is 0.174. The quantitative estimate of drug-likeness (QED) is 0.382. The molecule has 0 spiro atoms. The molecule has 0 saturated heterocycles. The first-order valence-corrected chi connectivity index (χ1v) is 12.8.